The van der Waals surface area contributed by atoms with E-state index < -0.39 is 0 Å². The molecule has 146 valence electrons. The molecule has 0 saturated carbocycles. The molecule has 3 rings (SSSR count). The van der Waals surface area contributed by atoms with Crippen molar-refractivity contribution in [3.8, 4) is 0 Å². The van der Waals surface area contributed by atoms with Gasteiger partial charge in [0.15, 0.2) is 5.69 Å². The second-order valence-corrected chi connectivity index (χ2v) is 7.48. The molecule has 0 radical (unpaired) electrons. The number of likely N-dealkylation sites (tertiary alicyclic amines) is 2. The third-order valence-electron chi connectivity index (χ3n) is 5.76. The Balaban J connectivity index is 0.000000758. The average molecular weight is 387 g/mol. The van der Waals surface area contributed by atoms with Crippen LogP contribution in [0.15, 0.2) is 0 Å². The Kier molecular flexibility index (Phi) is 6.65. The number of hydrogen-bond acceptors (Lipinski definition) is 5. The van der Waals surface area contributed by atoms with Crippen LogP contribution in [0.2, 0.25) is 5.02 Å². The third-order valence-corrected chi connectivity index (χ3v) is 6.22. The number of nitrogens with zero attached hydrogens (tertiary/aromatic N) is 4. The minimum absolute atomic E-state index is 0.0758. The van der Waals surface area contributed by atoms with Crippen molar-refractivity contribution in [2.24, 2.45) is 12.5 Å². The van der Waals surface area contributed by atoms with Gasteiger partial charge in [0.25, 0.3) is 12.4 Å². The van der Waals surface area contributed by atoms with Gasteiger partial charge in [-0.15, -0.1) is 0 Å². The molecule has 2 fully saturated rings. The van der Waals surface area contributed by atoms with Gasteiger partial charge in [-0.1, -0.05) is 11.6 Å². The Morgan fingerprint density at radius 1 is 1.38 bits per heavy atom. The van der Waals surface area contributed by atoms with Gasteiger partial charge in [0.05, 0.1) is 17.3 Å². The first-order valence-electron chi connectivity index (χ1n) is 8.68. The molecule has 9 heteroatoms. The van der Waals surface area contributed by atoms with Crippen LogP contribution in [0.25, 0.3) is 0 Å². The number of carbonyl (C=O) groups excluding carboxylic acids is 1. The van der Waals surface area contributed by atoms with Crippen LogP contribution in [0.1, 0.15) is 35.4 Å². The predicted molar refractivity (Wildman–Crippen MR) is 97.3 cm³/mol. The monoisotopic (exact) mass is 386 g/mol. The van der Waals surface area contributed by atoms with Crippen molar-refractivity contribution in [3.05, 3.63) is 16.4 Å². The molecule has 1 amide bonds. The van der Waals surface area contributed by atoms with E-state index in [-0.39, 0.29) is 30.4 Å². The Morgan fingerprint density at radius 3 is 2.58 bits per heavy atom. The van der Waals surface area contributed by atoms with E-state index in [2.05, 4.69) is 17.0 Å². The SMILES string of the molecule is Cc1c(Cl)c(C(=O)N2CC[C@@]3(CO)CCCN(C)[C@@H]3C2)nn1C.O=CO. The second-order valence-electron chi connectivity index (χ2n) is 7.10. The van der Waals surface area contributed by atoms with Crippen LogP contribution >= 0.6 is 11.6 Å². The summed E-state index contributed by atoms with van der Waals surface area (Å²) in [5, 5.41) is 21.6. The number of carboxylic acid groups (broad SMARTS) is 1. The summed E-state index contributed by atoms with van der Waals surface area (Å²) in [5.74, 6) is -0.107. The lowest BCUT2D eigenvalue weighted by Crippen LogP contribution is -2.62. The third kappa shape index (κ3) is 3.72. The molecule has 0 aromatic carbocycles. The molecule has 0 aliphatic carbocycles. The summed E-state index contributed by atoms with van der Waals surface area (Å²) in [6.45, 7) is 4.08. The summed E-state index contributed by atoms with van der Waals surface area (Å²) in [5.41, 5.74) is 1.06. The first kappa shape index (κ1) is 20.7. The average Bonchev–Trinajstić information content (AvgIpc) is 2.89. The first-order valence-corrected chi connectivity index (χ1v) is 9.06. The number of aromatic nitrogens is 2. The van der Waals surface area contributed by atoms with Crippen molar-refractivity contribution in [2.75, 3.05) is 33.3 Å². The Hall–Kier alpha value is -1.64. The Morgan fingerprint density at radius 2 is 2.04 bits per heavy atom. The number of aryl methyl sites for hydroxylation is 1. The van der Waals surface area contributed by atoms with Crippen LogP contribution in [0.5, 0.6) is 0 Å². The molecule has 0 bridgehead atoms. The maximum absolute atomic E-state index is 12.8. The van der Waals surface area contributed by atoms with E-state index in [1.807, 2.05) is 11.8 Å². The number of aliphatic hydroxyl groups excluding tert-OH is 1. The van der Waals surface area contributed by atoms with Crippen LogP contribution in [0, 0.1) is 12.3 Å². The maximum Gasteiger partial charge on any atom is 0.290 e. The van der Waals surface area contributed by atoms with Gasteiger partial charge >= 0.3 is 0 Å². The molecule has 0 unspecified atom stereocenters. The van der Waals surface area contributed by atoms with Crippen LogP contribution in [0.3, 0.4) is 0 Å². The fourth-order valence-corrected chi connectivity index (χ4v) is 4.31. The summed E-state index contributed by atoms with van der Waals surface area (Å²) in [6.07, 6.45) is 2.96. The standard InChI is InChI=1S/C16H25ClN4O2.CH2O2/c1-11-13(17)14(18-20(11)3)15(23)21-8-6-16(10-22)5-4-7-19(2)12(16)9-21;2-1-3/h12,22H,4-10H2,1-3H3;1H,(H,2,3)/t12-,16-;/m1./s1. The van der Waals surface area contributed by atoms with E-state index in [1.165, 1.54) is 0 Å². The van der Waals surface area contributed by atoms with Gasteiger partial charge in [-0.2, -0.15) is 5.10 Å². The number of halogens is 1. The van der Waals surface area contributed by atoms with Gasteiger partial charge in [0.2, 0.25) is 0 Å². The van der Waals surface area contributed by atoms with Gasteiger partial charge in [0.1, 0.15) is 0 Å². The van der Waals surface area contributed by atoms with Crippen LogP contribution in [-0.4, -0.2) is 81.5 Å². The topological polar surface area (TPSA) is 98.9 Å². The summed E-state index contributed by atoms with van der Waals surface area (Å²) in [7, 11) is 3.88. The van der Waals surface area contributed by atoms with E-state index in [9.17, 15) is 9.90 Å². The summed E-state index contributed by atoms with van der Waals surface area (Å²) in [6, 6.07) is 0.197. The number of rotatable bonds is 2. The van der Waals surface area contributed by atoms with Crippen molar-refractivity contribution in [2.45, 2.75) is 32.2 Å². The van der Waals surface area contributed by atoms with Crippen molar-refractivity contribution < 1.29 is 19.8 Å². The molecule has 1 aromatic heterocycles. The highest BCUT2D eigenvalue weighted by molar-refractivity contribution is 6.34. The van der Waals surface area contributed by atoms with E-state index in [1.54, 1.807) is 11.7 Å². The molecular weight excluding hydrogens is 360 g/mol. The molecule has 2 atom stereocenters. The van der Waals surface area contributed by atoms with Crippen LogP contribution < -0.4 is 0 Å². The highest BCUT2D eigenvalue weighted by Crippen LogP contribution is 2.41. The number of carbonyl (C=O) groups is 2. The maximum atomic E-state index is 12.8. The minimum atomic E-state index is -0.250. The van der Waals surface area contributed by atoms with Crippen LogP contribution in [-0.2, 0) is 11.8 Å². The fraction of sp³-hybridized carbons (Fsp3) is 0.706. The highest BCUT2D eigenvalue weighted by atomic mass is 35.5. The largest absolute Gasteiger partial charge is 0.483 e. The summed E-state index contributed by atoms with van der Waals surface area (Å²) < 4.78 is 1.64. The lowest BCUT2D eigenvalue weighted by Gasteiger charge is -2.53. The van der Waals surface area contributed by atoms with Gasteiger partial charge in [-0.3, -0.25) is 14.3 Å². The van der Waals surface area contributed by atoms with Crippen LogP contribution in [0.4, 0.5) is 0 Å². The molecule has 26 heavy (non-hydrogen) atoms. The number of hydrogen-bond donors (Lipinski definition) is 2. The van der Waals surface area contributed by atoms with E-state index in [0.717, 1.165) is 31.5 Å². The normalized spacial score (nSPS) is 25.9. The number of piperidine rings is 2. The number of likely N-dealkylation sites (N-methyl/N-ethyl adjacent to an activating group) is 1. The van der Waals surface area contributed by atoms with E-state index >= 15 is 0 Å². The molecule has 3 heterocycles. The molecule has 2 N–H and O–H groups in total. The first-order chi connectivity index (χ1) is 12.3. The van der Waals surface area contributed by atoms with E-state index in [4.69, 9.17) is 21.5 Å². The van der Waals surface area contributed by atoms with Crippen molar-refractivity contribution in [1.82, 2.24) is 19.6 Å². The highest BCUT2D eigenvalue weighted by Gasteiger charge is 2.47. The van der Waals surface area contributed by atoms with Crippen molar-refractivity contribution in [3.63, 3.8) is 0 Å². The Labute approximate surface area is 158 Å². The van der Waals surface area contributed by atoms with Gasteiger partial charge in [-0.05, 0) is 39.8 Å². The Bertz CT molecular complexity index is 665. The lowest BCUT2D eigenvalue weighted by atomic mass is 9.69. The zero-order valence-corrected chi connectivity index (χ0v) is 16.2. The second kappa shape index (κ2) is 8.37. The van der Waals surface area contributed by atoms with Crippen molar-refractivity contribution in [1.29, 1.82) is 0 Å². The molecular formula is C17H27ClN4O4. The molecule has 2 aliphatic rings. The zero-order chi connectivity index (χ0) is 19.5. The summed E-state index contributed by atoms with van der Waals surface area (Å²) >= 11 is 6.27. The fourth-order valence-electron chi connectivity index (χ4n) is 4.07. The lowest BCUT2D eigenvalue weighted by molar-refractivity contribution is -0.122. The summed E-state index contributed by atoms with van der Waals surface area (Å²) in [4.78, 5) is 25.3. The molecule has 1 aromatic rings. The predicted octanol–water partition coefficient (Wildman–Crippen LogP) is 1.00. The molecule has 2 aliphatic heterocycles. The smallest absolute Gasteiger partial charge is 0.290 e. The number of fused-ring (bicyclic) bond motifs is 1. The quantitative estimate of drug-likeness (QED) is 0.736. The molecule has 0 spiro atoms. The van der Waals surface area contributed by atoms with Crippen molar-refractivity contribution >= 4 is 24.0 Å². The van der Waals surface area contributed by atoms with Gasteiger partial charge < -0.3 is 20.0 Å². The van der Waals surface area contributed by atoms with Gasteiger partial charge in [-0.25, -0.2) is 0 Å². The number of aliphatic hydroxyl groups is 1. The number of amides is 1. The van der Waals surface area contributed by atoms with Gasteiger partial charge in [0, 0.05) is 31.6 Å². The molecule has 8 nitrogen and oxygen atoms in total. The minimum Gasteiger partial charge on any atom is -0.483 e. The van der Waals surface area contributed by atoms with E-state index in [0.29, 0.717) is 23.8 Å². The molecule has 2 saturated heterocycles. The zero-order valence-electron chi connectivity index (χ0n) is 15.5.